The number of hydrogen-bond acceptors (Lipinski definition) is 5. The smallest absolute Gasteiger partial charge is 0.411 e. The molecule has 7 nitrogen and oxygen atoms in total. The summed E-state index contributed by atoms with van der Waals surface area (Å²) in [6.45, 7) is -0.416. The van der Waals surface area contributed by atoms with Crippen LogP contribution in [0.4, 0.5) is 16.2 Å². The molecule has 0 bridgehead atoms. The van der Waals surface area contributed by atoms with E-state index >= 15 is 0 Å². The summed E-state index contributed by atoms with van der Waals surface area (Å²) in [6, 6.07) is 3.73. The van der Waals surface area contributed by atoms with E-state index in [2.05, 4.69) is 10.1 Å². The first-order valence-corrected chi connectivity index (χ1v) is 4.91. The summed E-state index contributed by atoms with van der Waals surface area (Å²) in [4.78, 5) is 20.9. The highest BCUT2D eigenvalue weighted by atomic mass is 35.5. The van der Waals surface area contributed by atoms with Crippen LogP contribution < -0.4 is 5.32 Å². The first-order chi connectivity index (χ1) is 8.04. The summed E-state index contributed by atoms with van der Waals surface area (Å²) in [7, 11) is 0. The number of ether oxygens (including phenoxy) is 1. The van der Waals surface area contributed by atoms with Crippen molar-refractivity contribution in [1.82, 2.24) is 0 Å². The van der Waals surface area contributed by atoms with Crippen molar-refractivity contribution < 1.29 is 19.6 Å². The first kappa shape index (κ1) is 13.2. The molecule has 0 saturated carbocycles. The molecule has 0 spiro atoms. The molecule has 1 rings (SSSR count). The third-order valence-electron chi connectivity index (χ3n) is 1.72. The van der Waals surface area contributed by atoms with Gasteiger partial charge in [-0.25, -0.2) is 4.79 Å². The number of rotatable bonds is 4. The summed E-state index contributed by atoms with van der Waals surface area (Å²) in [5, 5.41) is 21.1. The van der Waals surface area contributed by atoms with Crippen LogP contribution in [0.2, 0.25) is 5.02 Å². The minimum atomic E-state index is -0.774. The van der Waals surface area contributed by atoms with Gasteiger partial charge in [-0.1, -0.05) is 11.6 Å². The van der Waals surface area contributed by atoms with Gasteiger partial charge in [-0.3, -0.25) is 15.4 Å². The number of hydrogen-bond donors (Lipinski definition) is 2. The molecule has 0 aliphatic heterocycles. The van der Waals surface area contributed by atoms with Crippen LogP contribution >= 0.6 is 11.6 Å². The van der Waals surface area contributed by atoms with Crippen LogP contribution in [0.25, 0.3) is 0 Å². The second-order valence-corrected chi connectivity index (χ2v) is 3.32. The molecule has 17 heavy (non-hydrogen) atoms. The molecule has 1 aromatic rings. The molecule has 92 valence electrons. The van der Waals surface area contributed by atoms with Gasteiger partial charge in [0.25, 0.3) is 5.69 Å². The van der Waals surface area contributed by atoms with Gasteiger partial charge in [0.15, 0.2) is 0 Å². The molecule has 8 heteroatoms. The van der Waals surface area contributed by atoms with Crippen LogP contribution in [-0.2, 0) is 4.74 Å². The van der Waals surface area contributed by atoms with Gasteiger partial charge < -0.3 is 9.84 Å². The molecule has 0 saturated heterocycles. The summed E-state index contributed by atoms with van der Waals surface area (Å²) >= 11 is 5.64. The number of amides is 1. The van der Waals surface area contributed by atoms with Crippen LogP contribution in [0.15, 0.2) is 18.2 Å². The molecule has 0 aliphatic carbocycles. The van der Waals surface area contributed by atoms with Crippen LogP contribution in [0.5, 0.6) is 0 Å². The van der Waals surface area contributed by atoms with Gasteiger partial charge in [-0.15, -0.1) is 0 Å². The molecular weight excluding hydrogens is 252 g/mol. The van der Waals surface area contributed by atoms with Crippen LogP contribution in [0.1, 0.15) is 0 Å². The minimum absolute atomic E-state index is 0.0880. The quantitative estimate of drug-likeness (QED) is 0.635. The van der Waals surface area contributed by atoms with E-state index in [9.17, 15) is 14.9 Å². The first-order valence-electron chi connectivity index (χ1n) is 4.53. The largest absolute Gasteiger partial charge is 0.447 e. The van der Waals surface area contributed by atoms with Crippen molar-refractivity contribution in [1.29, 1.82) is 0 Å². The van der Waals surface area contributed by atoms with Crippen molar-refractivity contribution in [3.05, 3.63) is 33.3 Å². The lowest BCUT2D eigenvalue weighted by atomic mass is 10.3. The number of halogens is 1. The monoisotopic (exact) mass is 260 g/mol. The molecule has 1 amide bonds. The Morgan fingerprint density at radius 3 is 2.82 bits per heavy atom. The Kier molecular flexibility index (Phi) is 4.68. The molecular formula is C9H9ClN2O5. The van der Waals surface area contributed by atoms with Gasteiger partial charge in [0, 0.05) is 11.8 Å². The average molecular weight is 261 g/mol. The number of aliphatic hydroxyl groups is 1. The zero-order chi connectivity index (χ0) is 12.8. The number of nitro groups is 1. The van der Waals surface area contributed by atoms with E-state index in [1.165, 1.54) is 18.2 Å². The Balaban J connectivity index is 2.70. The predicted molar refractivity (Wildman–Crippen MR) is 60.2 cm³/mol. The Bertz CT molecular complexity index is 437. The molecule has 0 fully saturated rings. The number of benzene rings is 1. The standard InChI is InChI=1S/C9H9ClN2O5/c10-7-5-6(1-2-8(7)12(15)16)11-9(14)17-4-3-13/h1-2,5,13H,3-4H2,(H,11,14). The molecule has 2 N–H and O–H groups in total. The van der Waals surface area contributed by atoms with E-state index in [1.54, 1.807) is 0 Å². The second-order valence-electron chi connectivity index (χ2n) is 2.91. The SMILES string of the molecule is O=C(Nc1ccc([N+](=O)[O-])c(Cl)c1)OCCO. The number of carbonyl (C=O) groups is 1. The highest BCUT2D eigenvalue weighted by molar-refractivity contribution is 6.33. The van der Waals surface area contributed by atoms with E-state index in [1.807, 2.05) is 0 Å². The van der Waals surface area contributed by atoms with Crippen LogP contribution in [0, 0.1) is 10.1 Å². The summed E-state index contributed by atoms with van der Waals surface area (Å²) < 4.78 is 4.54. The van der Waals surface area contributed by atoms with Crippen molar-refractivity contribution in [3.8, 4) is 0 Å². The maximum absolute atomic E-state index is 11.1. The third-order valence-corrected chi connectivity index (χ3v) is 2.02. The van der Waals surface area contributed by atoms with Gasteiger partial charge in [0.05, 0.1) is 11.5 Å². The molecule has 0 heterocycles. The lowest BCUT2D eigenvalue weighted by Gasteiger charge is -2.05. The zero-order valence-corrected chi connectivity index (χ0v) is 9.31. The van der Waals surface area contributed by atoms with Gasteiger partial charge in [0.1, 0.15) is 11.6 Å². The summed E-state index contributed by atoms with van der Waals surface area (Å²) in [5.74, 6) is 0. The van der Waals surface area contributed by atoms with Crippen molar-refractivity contribution in [2.75, 3.05) is 18.5 Å². The number of nitrogens with zero attached hydrogens (tertiary/aromatic N) is 1. The molecule has 0 aliphatic rings. The second kappa shape index (κ2) is 6.02. The topological polar surface area (TPSA) is 102 Å². The summed E-state index contributed by atoms with van der Waals surface area (Å²) in [5.41, 5.74) is 0.0180. The fraction of sp³-hybridized carbons (Fsp3) is 0.222. The predicted octanol–water partition coefficient (Wildman–Crippen LogP) is 1.79. The van der Waals surface area contributed by atoms with Crippen molar-refractivity contribution in [2.45, 2.75) is 0 Å². The third kappa shape index (κ3) is 3.89. The van der Waals surface area contributed by atoms with Crippen LogP contribution in [0.3, 0.4) is 0 Å². The number of nitrogens with one attached hydrogen (secondary N) is 1. The number of nitro benzene ring substituents is 1. The number of carbonyl (C=O) groups excluding carboxylic acids is 1. The lowest BCUT2D eigenvalue weighted by molar-refractivity contribution is -0.384. The summed E-state index contributed by atoms with van der Waals surface area (Å²) in [6.07, 6.45) is -0.774. The van der Waals surface area contributed by atoms with E-state index in [-0.39, 0.29) is 29.6 Å². The fourth-order valence-corrected chi connectivity index (χ4v) is 1.27. The van der Waals surface area contributed by atoms with Crippen molar-refractivity contribution in [2.24, 2.45) is 0 Å². The number of aliphatic hydroxyl groups excluding tert-OH is 1. The van der Waals surface area contributed by atoms with E-state index in [0.717, 1.165) is 0 Å². The van der Waals surface area contributed by atoms with E-state index in [4.69, 9.17) is 16.7 Å². The van der Waals surface area contributed by atoms with Gasteiger partial charge in [-0.2, -0.15) is 0 Å². The van der Waals surface area contributed by atoms with Gasteiger partial charge in [0.2, 0.25) is 0 Å². The van der Waals surface area contributed by atoms with Gasteiger partial charge >= 0.3 is 6.09 Å². The maximum Gasteiger partial charge on any atom is 0.411 e. The van der Waals surface area contributed by atoms with Gasteiger partial charge in [-0.05, 0) is 12.1 Å². The Morgan fingerprint density at radius 1 is 1.59 bits per heavy atom. The fourth-order valence-electron chi connectivity index (χ4n) is 1.02. The lowest BCUT2D eigenvalue weighted by Crippen LogP contribution is -2.15. The van der Waals surface area contributed by atoms with Crippen LogP contribution in [-0.4, -0.2) is 29.3 Å². The zero-order valence-electron chi connectivity index (χ0n) is 8.55. The molecule has 0 unspecified atom stereocenters. The minimum Gasteiger partial charge on any atom is -0.447 e. The Morgan fingerprint density at radius 2 is 2.29 bits per heavy atom. The normalized spacial score (nSPS) is 9.76. The molecule has 0 atom stereocenters. The average Bonchev–Trinajstić information content (AvgIpc) is 2.26. The van der Waals surface area contributed by atoms with E-state index < -0.39 is 11.0 Å². The van der Waals surface area contributed by atoms with E-state index in [0.29, 0.717) is 0 Å². The molecule has 0 radical (unpaired) electrons. The Hall–Kier alpha value is -1.86. The highest BCUT2D eigenvalue weighted by Gasteiger charge is 2.13. The van der Waals surface area contributed by atoms with Crippen molar-refractivity contribution in [3.63, 3.8) is 0 Å². The number of anilines is 1. The molecule has 0 aromatic heterocycles. The highest BCUT2D eigenvalue weighted by Crippen LogP contribution is 2.27. The van der Waals surface area contributed by atoms with Crippen molar-refractivity contribution >= 4 is 29.1 Å². The Labute approximate surface area is 101 Å². The molecule has 1 aromatic carbocycles. The maximum atomic E-state index is 11.1.